The highest BCUT2D eigenvalue weighted by Crippen LogP contribution is 2.09. The third-order valence-corrected chi connectivity index (χ3v) is 1.10. The molecule has 0 saturated carbocycles. The first-order chi connectivity index (χ1) is 3.79. The van der Waals surface area contributed by atoms with Crippen molar-refractivity contribution in [1.82, 2.24) is 0 Å². The fourth-order valence-electron chi connectivity index (χ4n) is 0.475. The fraction of sp³-hybridized carbons (Fsp3) is 0.400. The van der Waals surface area contributed by atoms with Gasteiger partial charge in [0.1, 0.15) is 0 Å². The first kappa shape index (κ1) is 5.63. The molecule has 0 spiro atoms. The molecule has 1 rings (SSSR count). The number of carbonyl (C=O) groups excluding carboxylic acids is 1. The summed E-state index contributed by atoms with van der Waals surface area (Å²) >= 11 is 5.42. The normalized spacial score (nSPS) is 27.6. The van der Waals surface area contributed by atoms with E-state index in [-0.39, 0.29) is 12.2 Å². The summed E-state index contributed by atoms with van der Waals surface area (Å²) < 4.78 is 4.71. The van der Waals surface area contributed by atoms with Gasteiger partial charge in [-0.1, -0.05) is 11.6 Å². The van der Waals surface area contributed by atoms with Gasteiger partial charge in [-0.2, -0.15) is 0 Å². The molecule has 44 valence electrons. The standard InChI is InChI=1S/C5H5ClO2/c6-5-3-4(7)1-2-8-5/h1-2,5H,3H2. The minimum absolute atomic E-state index is 0.0243. The van der Waals surface area contributed by atoms with Gasteiger partial charge in [0.05, 0.1) is 12.7 Å². The minimum Gasteiger partial charge on any atom is -0.482 e. The minimum atomic E-state index is -0.451. The van der Waals surface area contributed by atoms with Gasteiger partial charge in [-0.25, -0.2) is 0 Å². The van der Waals surface area contributed by atoms with Gasteiger partial charge in [0.2, 0.25) is 0 Å². The van der Waals surface area contributed by atoms with Gasteiger partial charge in [0.15, 0.2) is 11.3 Å². The summed E-state index contributed by atoms with van der Waals surface area (Å²) in [5.41, 5.74) is -0.451. The Hall–Kier alpha value is -0.500. The van der Waals surface area contributed by atoms with Gasteiger partial charge in [-0.3, -0.25) is 4.79 Å². The molecule has 3 heteroatoms. The average Bonchev–Trinajstić information content (AvgIpc) is 1.64. The van der Waals surface area contributed by atoms with Crippen LogP contribution in [0.4, 0.5) is 0 Å². The van der Waals surface area contributed by atoms with Crippen molar-refractivity contribution in [2.24, 2.45) is 0 Å². The number of hydrogen-bond donors (Lipinski definition) is 0. The molecule has 0 aromatic carbocycles. The number of alkyl halides is 1. The Morgan fingerprint density at radius 2 is 2.62 bits per heavy atom. The molecule has 1 aliphatic heterocycles. The Labute approximate surface area is 52.1 Å². The SMILES string of the molecule is O=C1C=COC(Cl)C1. The van der Waals surface area contributed by atoms with Crippen molar-refractivity contribution in [3.63, 3.8) is 0 Å². The van der Waals surface area contributed by atoms with Gasteiger partial charge in [-0.05, 0) is 0 Å². The first-order valence-electron chi connectivity index (χ1n) is 2.28. The van der Waals surface area contributed by atoms with E-state index in [1.165, 1.54) is 12.3 Å². The maximum atomic E-state index is 10.4. The van der Waals surface area contributed by atoms with Crippen LogP contribution in [0.25, 0.3) is 0 Å². The van der Waals surface area contributed by atoms with Crippen molar-refractivity contribution in [1.29, 1.82) is 0 Å². The average molecular weight is 133 g/mol. The third kappa shape index (κ3) is 1.23. The number of rotatable bonds is 0. The van der Waals surface area contributed by atoms with E-state index in [9.17, 15) is 4.79 Å². The van der Waals surface area contributed by atoms with E-state index in [4.69, 9.17) is 16.3 Å². The van der Waals surface area contributed by atoms with Crippen LogP contribution < -0.4 is 0 Å². The monoisotopic (exact) mass is 132 g/mol. The molecule has 0 saturated heterocycles. The highest BCUT2D eigenvalue weighted by Gasteiger charge is 2.11. The smallest absolute Gasteiger partial charge is 0.178 e. The first-order valence-corrected chi connectivity index (χ1v) is 2.71. The molecule has 0 aromatic heterocycles. The van der Waals surface area contributed by atoms with Crippen molar-refractivity contribution >= 4 is 17.4 Å². The van der Waals surface area contributed by atoms with E-state index in [1.54, 1.807) is 0 Å². The van der Waals surface area contributed by atoms with Crippen LogP contribution in [0.15, 0.2) is 12.3 Å². The molecule has 0 aliphatic carbocycles. The predicted octanol–water partition coefficient (Wildman–Crippen LogP) is 1.05. The van der Waals surface area contributed by atoms with Gasteiger partial charge in [-0.15, -0.1) is 0 Å². The summed E-state index contributed by atoms with van der Waals surface area (Å²) in [6.45, 7) is 0. The number of carbonyl (C=O) groups is 1. The maximum Gasteiger partial charge on any atom is 0.178 e. The van der Waals surface area contributed by atoms with Crippen LogP contribution in [0.1, 0.15) is 6.42 Å². The molecular weight excluding hydrogens is 128 g/mol. The van der Waals surface area contributed by atoms with E-state index in [1.807, 2.05) is 0 Å². The number of ketones is 1. The molecule has 0 aromatic rings. The van der Waals surface area contributed by atoms with Gasteiger partial charge in [0.25, 0.3) is 0 Å². The van der Waals surface area contributed by atoms with Gasteiger partial charge < -0.3 is 4.74 Å². The van der Waals surface area contributed by atoms with E-state index < -0.39 is 5.56 Å². The number of ether oxygens (including phenoxy) is 1. The van der Waals surface area contributed by atoms with E-state index in [2.05, 4.69) is 0 Å². The lowest BCUT2D eigenvalue weighted by atomic mass is 10.3. The van der Waals surface area contributed by atoms with Gasteiger partial charge in [0, 0.05) is 6.08 Å². The second kappa shape index (κ2) is 2.18. The van der Waals surface area contributed by atoms with Crippen molar-refractivity contribution in [2.45, 2.75) is 12.0 Å². The molecular formula is C5H5ClO2. The molecule has 0 N–H and O–H groups in total. The van der Waals surface area contributed by atoms with Crippen LogP contribution in [-0.4, -0.2) is 11.3 Å². The second-order valence-corrected chi connectivity index (χ2v) is 2.01. The van der Waals surface area contributed by atoms with Crippen molar-refractivity contribution in [3.8, 4) is 0 Å². The predicted molar refractivity (Wildman–Crippen MR) is 29.5 cm³/mol. The molecule has 0 radical (unpaired) electrons. The Morgan fingerprint density at radius 1 is 1.88 bits per heavy atom. The molecule has 1 aliphatic rings. The second-order valence-electron chi connectivity index (χ2n) is 1.52. The summed E-state index contributed by atoms with van der Waals surface area (Å²) in [5, 5.41) is 0. The van der Waals surface area contributed by atoms with Crippen LogP contribution in [0.3, 0.4) is 0 Å². The van der Waals surface area contributed by atoms with E-state index >= 15 is 0 Å². The molecule has 1 unspecified atom stereocenters. The summed E-state index contributed by atoms with van der Waals surface area (Å²) in [7, 11) is 0. The largest absolute Gasteiger partial charge is 0.482 e. The molecule has 1 heterocycles. The Morgan fingerprint density at radius 3 is 3.00 bits per heavy atom. The summed E-state index contributed by atoms with van der Waals surface area (Å²) in [4.78, 5) is 10.4. The van der Waals surface area contributed by atoms with E-state index in [0.717, 1.165) is 0 Å². The highest BCUT2D eigenvalue weighted by molar-refractivity contribution is 6.21. The number of hydrogen-bond acceptors (Lipinski definition) is 2. The van der Waals surface area contributed by atoms with Crippen LogP contribution in [0.5, 0.6) is 0 Å². The van der Waals surface area contributed by atoms with Crippen molar-refractivity contribution in [2.75, 3.05) is 0 Å². The molecule has 8 heavy (non-hydrogen) atoms. The van der Waals surface area contributed by atoms with Crippen LogP contribution >= 0.6 is 11.6 Å². The zero-order chi connectivity index (χ0) is 5.98. The zero-order valence-electron chi connectivity index (χ0n) is 4.13. The lowest BCUT2D eigenvalue weighted by molar-refractivity contribution is -0.116. The van der Waals surface area contributed by atoms with E-state index in [0.29, 0.717) is 0 Å². The van der Waals surface area contributed by atoms with Crippen LogP contribution in [-0.2, 0) is 9.53 Å². The maximum absolute atomic E-state index is 10.4. The highest BCUT2D eigenvalue weighted by atomic mass is 35.5. The lowest BCUT2D eigenvalue weighted by Gasteiger charge is -2.09. The van der Waals surface area contributed by atoms with Crippen molar-refractivity contribution < 1.29 is 9.53 Å². The molecule has 0 bridgehead atoms. The van der Waals surface area contributed by atoms with Crippen LogP contribution in [0.2, 0.25) is 0 Å². The zero-order valence-corrected chi connectivity index (χ0v) is 4.89. The number of allylic oxidation sites excluding steroid dienone is 1. The number of halogens is 1. The fourth-order valence-corrected chi connectivity index (χ4v) is 0.686. The Balaban J connectivity index is 2.54. The lowest BCUT2D eigenvalue weighted by Crippen LogP contribution is -2.11. The Kier molecular flexibility index (Phi) is 1.53. The van der Waals surface area contributed by atoms with Crippen molar-refractivity contribution in [3.05, 3.63) is 12.3 Å². The topological polar surface area (TPSA) is 26.3 Å². The molecule has 1 atom stereocenters. The third-order valence-electron chi connectivity index (χ3n) is 0.842. The van der Waals surface area contributed by atoms with Gasteiger partial charge >= 0.3 is 0 Å². The molecule has 2 nitrogen and oxygen atoms in total. The quantitative estimate of drug-likeness (QED) is 0.461. The summed E-state index contributed by atoms with van der Waals surface area (Å²) in [6.07, 6.45) is 2.99. The summed E-state index contributed by atoms with van der Waals surface area (Å²) in [5.74, 6) is 0.0243. The Bertz CT molecular complexity index is 130. The van der Waals surface area contributed by atoms with Crippen LogP contribution in [0, 0.1) is 0 Å². The summed E-state index contributed by atoms with van der Waals surface area (Å²) in [6, 6.07) is 0. The molecule has 0 fully saturated rings. The molecule has 0 amide bonds.